The normalized spacial score (nSPS) is 11.9. The van der Waals surface area contributed by atoms with Crippen molar-refractivity contribution in [3.8, 4) is 0 Å². The summed E-state index contributed by atoms with van der Waals surface area (Å²) in [6, 6.07) is 2.17. The molecule has 1 aromatic rings. The molecule has 0 amide bonds. The predicted octanol–water partition coefficient (Wildman–Crippen LogP) is -2.23. The third-order valence-corrected chi connectivity index (χ3v) is 1.71. The van der Waals surface area contributed by atoms with Gasteiger partial charge in [-0.2, -0.15) is 4.39 Å². The van der Waals surface area contributed by atoms with Crippen LogP contribution in [0.1, 0.15) is 5.69 Å². The number of rotatable bonds is 1. The van der Waals surface area contributed by atoms with Crippen LogP contribution in [0.2, 0.25) is 0 Å². The monoisotopic (exact) mass is 181 g/mol. The van der Waals surface area contributed by atoms with E-state index in [0.29, 0.717) is 5.69 Å². The first kappa shape index (κ1) is 11.8. The van der Waals surface area contributed by atoms with Crippen molar-refractivity contribution in [2.75, 3.05) is 0 Å². The number of nitrogens with zero attached hydrogens (tertiary/aromatic N) is 1. The van der Waals surface area contributed by atoms with Gasteiger partial charge in [0.05, 0.1) is 0 Å². The van der Waals surface area contributed by atoms with Gasteiger partial charge in [0.15, 0.2) is 0 Å². The number of aryl methyl sites for hydroxylation is 1. The smallest absolute Gasteiger partial charge is 0.768 e. The van der Waals surface area contributed by atoms with Crippen LogP contribution in [0.15, 0.2) is 17.0 Å². The van der Waals surface area contributed by atoms with Gasteiger partial charge in [-0.05, 0) is 24.1 Å². The van der Waals surface area contributed by atoms with Gasteiger partial charge >= 0.3 is 18.9 Å². The molecule has 0 spiro atoms. The van der Waals surface area contributed by atoms with Gasteiger partial charge in [0.25, 0.3) is 0 Å². The zero-order chi connectivity index (χ0) is 8.43. The van der Waals surface area contributed by atoms with Crippen molar-refractivity contribution in [3.63, 3.8) is 0 Å². The second-order valence-corrected chi connectivity index (χ2v) is 2.94. The summed E-state index contributed by atoms with van der Waals surface area (Å²) in [5, 5.41) is 0. The standard InChI is InChI=1S/C6H6FNO2S.Li/c1-4-2-5(11(9)10)3-6(7)8-4;/h2-3H,1H3,(H,9,10);/q;+1/p-1. The number of hydrogen-bond acceptors (Lipinski definition) is 3. The Labute approximate surface area is 83.9 Å². The van der Waals surface area contributed by atoms with E-state index in [0.717, 1.165) is 6.07 Å². The summed E-state index contributed by atoms with van der Waals surface area (Å²) in [4.78, 5) is 3.30. The minimum Gasteiger partial charge on any atom is -0.768 e. The van der Waals surface area contributed by atoms with Crippen LogP contribution in [0, 0.1) is 12.9 Å². The third-order valence-electron chi connectivity index (χ3n) is 1.09. The SMILES string of the molecule is Cc1cc(S(=O)[O-])cc(F)n1.[Li+]. The van der Waals surface area contributed by atoms with Crippen molar-refractivity contribution in [2.45, 2.75) is 11.8 Å². The minimum absolute atomic E-state index is 0. The zero-order valence-electron chi connectivity index (χ0n) is 6.70. The average Bonchev–Trinajstić information content (AvgIpc) is 1.85. The Kier molecular flexibility index (Phi) is 4.64. The van der Waals surface area contributed by atoms with Crippen LogP contribution in [-0.4, -0.2) is 13.7 Å². The molecule has 0 fully saturated rings. The molecule has 0 N–H and O–H groups in total. The van der Waals surface area contributed by atoms with E-state index in [1.54, 1.807) is 0 Å². The number of pyridine rings is 1. The summed E-state index contributed by atoms with van der Waals surface area (Å²) in [7, 11) is 0. The molecular weight excluding hydrogens is 176 g/mol. The van der Waals surface area contributed by atoms with Crippen LogP contribution < -0.4 is 18.9 Å². The van der Waals surface area contributed by atoms with Gasteiger partial charge in [0.1, 0.15) is 0 Å². The largest absolute Gasteiger partial charge is 1.00 e. The van der Waals surface area contributed by atoms with Gasteiger partial charge in [0.2, 0.25) is 5.95 Å². The van der Waals surface area contributed by atoms with E-state index in [1.165, 1.54) is 13.0 Å². The Morgan fingerprint density at radius 2 is 2.17 bits per heavy atom. The molecule has 60 valence electrons. The van der Waals surface area contributed by atoms with Crippen LogP contribution >= 0.6 is 0 Å². The first-order valence-electron chi connectivity index (χ1n) is 2.83. The Morgan fingerprint density at radius 1 is 1.58 bits per heavy atom. The molecule has 12 heavy (non-hydrogen) atoms. The van der Waals surface area contributed by atoms with Crippen molar-refractivity contribution < 1.29 is 32.0 Å². The zero-order valence-corrected chi connectivity index (χ0v) is 7.52. The van der Waals surface area contributed by atoms with Crippen molar-refractivity contribution in [1.29, 1.82) is 0 Å². The van der Waals surface area contributed by atoms with Crippen molar-refractivity contribution in [1.82, 2.24) is 4.98 Å². The number of hydrogen-bond donors (Lipinski definition) is 0. The molecular formula is C6H5FLiNO2S. The van der Waals surface area contributed by atoms with Crippen LogP contribution in [0.4, 0.5) is 4.39 Å². The molecule has 1 rings (SSSR count). The van der Waals surface area contributed by atoms with E-state index in [4.69, 9.17) is 0 Å². The minimum atomic E-state index is -2.38. The Bertz CT molecular complexity index is 287. The fourth-order valence-corrected chi connectivity index (χ4v) is 1.15. The molecule has 1 atom stereocenters. The fraction of sp³-hybridized carbons (Fsp3) is 0.167. The van der Waals surface area contributed by atoms with Gasteiger partial charge in [-0.25, -0.2) is 4.98 Å². The molecule has 1 aromatic heterocycles. The molecule has 6 heteroatoms. The second kappa shape index (κ2) is 4.73. The second-order valence-electron chi connectivity index (χ2n) is 2.00. The number of halogens is 1. The molecule has 1 heterocycles. The predicted molar refractivity (Wildman–Crippen MR) is 36.1 cm³/mol. The van der Waals surface area contributed by atoms with E-state index in [9.17, 15) is 13.2 Å². The molecule has 3 nitrogen and oxygen atoms in total. The Balaban J connectivity index is 0.00000121. The van der Waals surface area contributed by atoms with E-state index >= 15 is 0 Å². The van der Waals surface area contributed by atoms with Gasteiger partial charge in [0, 0.05) is 16.7 Å². The summed E-state index contributed by atoms with van der Waals surface area (Å²) >= 11 is -2.38. The van der Waals surface area contributed by atoms with E-state index < -0.39 is 17.0 Å². The summed E-state index contributed by atoms with van der Waals surface area (Å²) in [5.41, 5.74) is 0.351. The molecule has 0 aliphatic carbocycles. The average molecular weight is 181 g/mol. The Hall–Kier alpha value is -0.213. The van der Waals surface area contributed by atoms with Gasteiger partial charge in [-0.1, -0.05) is 0 Å². The van der Waals surface area contributed by atoms with Crippen molar-refractivity contribution in [3.05, 3.63) is 23.8 Å². The maximum Gasteiger partial charge on any atom is 1.00 e. The van der Waals surface area contributed by atoms with Crippen LogP contribution in [0.25, 0.3) is 0 Å². The fourth-order valence-electron chi connectivity index (χ4n) is 0.694. The van der Waals surface area contributed by atoms with Crippen LogP contribution in [-0.2, 0) is 11.1 Å². The van der Waals surface area contributed by atoms with E-state index in [-0.39, 0.29) is 23.8 Å². The van der Waals surface area contributed by atoms with Crippen molar-refractivity contribution >= 4 is 11.1 Å². The third kappa shape index (κ3) is 3.03. The number of aromatic nitrogens is 1. The first-order valence-corrected chi connectivity index (χ1v) is 3.90. The molecule has 0 radical (unpaired) electrons. The van der Waals surface area contributed by atoms with Gasteiger partial charge in [-0.3, -0.25) is 4.21 Å². The quantitative estimate of drug-likeness (QED) is 0.280. The van der Waals surface area contributed by atoms with Crippen molar-refractivity contribution in [2.24, 2.45) is 0 Å². The molecule has 0 aromatic carbocycles. The molecule has 0 saturated heterocycles. The maximum absolute atomic E-state index is 12.4. The topological polar surface area (TPSA) is 53.0 Å². The van der Waals surface area contributed by atoms with E-state index in [1.807, 2.05) is 0 Å². The molecule has 0 saturated carbocycles. The van der Waals surface area contributed by atoms with Crippen LogP contribution in [0.3, 0.4) is 0 Å². The molecule has 1 unspecified atom stereocenters. The summed E-state index contributed by atoms with van der Waals surface area (Å²) < 4.78 is 33.0. The van der Waals surface area contributed by atoms with Crippen LogP contribution in [0.5, 0.6) is 0 Å². The van der Waals surface area contributed by atoms with Gasteiger partial charge < -0.3 is 4.55 Å². The molecule has 0 aliphatic rings. The molecule has 0 aliphatic heterocycles. The summed E-state index contributed by atoms with van der Waals surface area (Å²) in [5.74, 6) is -0.774. The summed E-state index contributed by atoms with van der Waals surface area (Å²) in [6.45, 7) is 1.53. The first-order chi connectivity index (χ1) is 5.09. The molecule has 0 bridgehead atoms. The van der Waals surface area contributed by atoms with Gasteiger partial charge in [-0.15, -0.1) is 0 Å². The maximum atomic E-state index is 12.4. The Morgan fingerprint density at radius 3 is 2.58 bits per heavy atom. The summed E-state index contributed by atoms with van der Waals surface area (Å²) in [6.07, 6.45) is 0. The van der Waals surface area contributed by atoms with E-state index in [2.05, 4.69) is 4.98 Å².